The second-order valence-corrected chi connectivity index (χ2v) is 9.55. The van der Waals surface area contributed by atoms with Crippen molar-refractivity contribution >= 4 is 36.7 Å². The van der Waals surface area contributed by atoms with Gasteiger partial charge in [-0.05, 0) is 43.5 Å². The van der Waals surface area contributed by atoms with Crippen molar-refractivity contribution < 1.29 is 31.8 Å². The zero-order valence-corrected chi connectivity index (χ0v) is 19.1. The SMILES string of the molecule is [2H]C([2H])([2H])OC(=O)[C@H](c1ccccc1Cl)N1CCc2sc(OP(=O)(OCC)OCC)cc2C1. The molecule has 164 valence electrons. The van der Waals surface area contributed by atoms with Crippen molar-refractivity contribution in [3.8, 4) is 5.06 Å². The molecule has 0 bridgehead atoms. The fourth-order valence-corrected chi connectivity index (χ4v) is 5.97. The molecule has 1 atom stereocenters. The van der Waals surface area contributed by atoms with Crippen LogP contribution in [-0.4, -0.2) is 37.7 Å². The molecule has 10 heteroatoms. The average Bonchev–Trinajstić information content (AvgIpc) is 3.09. The number of hydrogen-bond acceptors (Lipinski definition) is 8. The van der Waals surface area contributed by atoms with Crippen LogP contribution in [0, 0.1) is 0 Å². The lowest BCUT2D eigenvalue weighted by molar-refractivity contribution is -0.147. The van der Waals surface area contributed by atoms with E-state index in [-0.39, 0.29) is 13.2 Å². The van der Waals surface area contributed by atoms with Gasteiger partial charge in [-0.1, -0.05) is 29.8 Å². The molecule has 30 heavy (non-hydrogen) atoms. The van der Waals surface area contributed by atoms with Gasteiger partial charge in [-0.3, -0.25) is 13.9 Å². The van der Waals surface area contributed by atoms with E-state index in [1.54, 1.807) is 49.1 Å². The van der Waals surface area contributed by atoms with E-state index >= 15 is 0 Å². The Balaban J connectivity index is 1.86. The number of nitrogens with zero attached hydrogens (tertiary/aromatic N) is 1. The number of carbonyl (C=O) groups is 1. The summed E-state index contributed by atoms with van der Waals surface area (Å²) in [5, 5.41) is 0.714. The molecule has 0 saturated carbocycles. The largest absolute Gasteiger partial charge is 0.530 e. The Morgan fingerprint density at radius 3 is 2.73 bits per heavy atom. The molecule has 2 heterocycles. The van der Waals surface area contributed by atoms with E-state index in [9.17, 15) is 9.36 Å². The van der Waals surface area contributed by atoms with Crippen molar-refractivity contribution in [2.24, 2.45) is 0 Å². The standard InChI is InChI=1S/C20H25ClNO6PS/c1-4-26-29(24,27-5-2)28-18-12-14-13-22(11-10-17(14)30-18)19(20(23)25-3)15-8-6-7-9-16(15)21/h6-9,12,19H,4-5,10-11,13H2,1-3H3/t19-/m0/s1/i3D3. The van der Waals surface area contributed by atoms with E-state index in [1.807, 2.05) is 0 Å². The number of thiophene rings is 1. The van der Waals surface area contributed by atoms with Gasteiger partial charge in [0.2, 0.25) is 0 Å². The van der Waals surface area contributed by atoms with E-state index < -0.39 is 26.9 Å². The molecule has 0 amide bonds. The van der Waals surface area contributed by atoms with Crippen molar-refractivity contribution in [3.05, 3.63) is 51.4 Å². The first kappa shape index (κ1) is 19.3. The zero-order chi connectivity index (χ0) is 24.2. The number of esters is 1. The van der Waals surface area contributed by atoms with Crippen molar-refractivity contribution in [1.82, 2.24) is 4.90 Å². The van der Waals surface area contributed by atoms with Crippen LogP contribution in [0.5, 0.6) is 5.06 Å². The molecule has 3 rings (SSSR count). The van der Waals surface area contributed by atoms with Crippen LogP contribution in [0.2, 0.25) is 5.02 Å². The van der Waals surface area contributed by atoms with Gasteiger partial charge < -0.3 is 9.26 Å². The summed E-state index contributed by atoms with van der Waals surface area (Å²) in [5.74, 6) is -0.907. The number of methoxy groups -OCH3 is 1. The summed E-state index contributed by atoms with van der Waals surface area (Å²) in [6.45, 7) is 4.49. The Hall–Kier alpha value is -1.41. The van der Waals surface area contributed by atoms with E-state index in [4.69, 9.17) is 34.0 Å². The smallest absolute Gasteiger partial charge is 0.468 e. The first-order valence-corrected chi connectivity index (χ1v) is 12.1. The van der Waals surface area contributed by atoms with Crippen LogP contribution in [0.15, 0.2) is 30.3 Å². The van der Waals surface area contributed by atoms with Crippen LogP contribution in [0.4, 0.5) is 0 Å². The fraction of sp³-hybridized carbons (Fsp3) is 0.450. The van der Waals surface area contributed by atoms with Gasteiger partial charge in [-0.2, -0.15) is 0 Å². The molecule has 1 aliphatic rings. The third-order valence-corrected chi connectivity index (χ3v) is 7.69. The third kappa shape index (κ3) is 5.25. The molecule has 7 nitrogen and oxygen atoms in total. The number of phosphoric ester groups is 1. The minimum atomic E-state index is -3.73. The maximum absolute atomic E-state index is 12.9. The molecule has 0 unspecified atom stereocenters. The Morgan fingerprint density at radius 1 is 1.33 bits per heavy atom. The van der Waals surface area contributed by atoms with Crippen LogP contribution in [0.3, 0.4) is 0 Å². The number of halogens is 1. The maximum Gasteiger partial charge on any atom is 0.530 e. The minimum absolute atomic E-state index is 0.168. The topological polar surface area (TPSA) is 74.3 Å². The second-order valence-electron chi connectivity index (χ2n) is 6.45. The summed E-state index contributed by atoms with van der Waals surface area (Å²) in [6.07, 6.45) is 0.568. The van der Waals surface area contributed by atoms with E-state index in [0.29, 0.717) is 35.2 Å². The van der Waals surface area contributed by atoms with E-state index in [0.717, 1.165) is 10.4 Å². The highest BCUT2D eigenvalue weighted by molar-refractivity contribution is 7.49. The normalized spacial score (nSPS) is 17.4. The average molecular weight is 477 g/mol. The number of phosphoric acid groups is 1. The number of rotatable bonds is 9. The van der Waals surface area contributed by atoms with Crippen LogP contribution < -0.4 is 4.52 Å². The van der Waals surface area contributed by atoms with Gasteiger partial charge in [-0.25, -0.2) is 9.36 Å². The molecule has 1 aliphatic heterocycles. The summed E-state index contributed by atoms with van der Waals surface area (Å²) in [6, 6.07) is 7.49. The van der Waals surface area contributed by atoms with Gasteiger partial charge in [0.15, 0.2) is 5.06 Å². The van der Waals surface area contributed by atoms with Crippen LogP contribution in [0.25, 0.3) is 0 Å². The first-order valence-electron chi connectivity index (χ1n) is 11.0. The first-order chi connectivity index (χ1) is 15.5. The van der Waals surface area contributed by atoms with Crippen molar-refractivity contribution in [1.29, 1.82) is 0 Å². The highest BCUT2D eigenvalue weighted by Gasteiger charge is 2.34. The predicted octanol–water partition coefficient (Wildman–Crippen LogP) is 5.23. The second kappa shape index (κ2) is 10.3. The molecule has 1 aromatic carbocycles. The highest BCUT2D eigenvalue weighted by Crippen LogP contribution is 2.51. The van der Waals surface area contributed by atoms with Crippen molar-refractivity contribution in [2.45, 2.75) is 32.9 Å². The molecule has 0 saturated heterocycles. The lowest BCUT2D eigenvalue weighted by Gasteiger charge is -2.33. The van der Waals surface area contributed by atoms with Crippen molar-refractivity contribution in [3.63, 3.8) is 0 Å². The predicted molar refractivity (Wildman–Crippen MR) is 116 cm³/mol. The molecule has 0 aliphatic carbocycles. The Morgan fingerprint density at radius 2 is 2.07 bits per heavy atom. The Kier molecular flexibility index (Phi) is 6.60. The Bertz CT molecular complexity index is 1020. The van der Waals surface area contributed by atoms with Gasteiger partial charge >= 0.3 is 13.8 Å². The van der Waals surface area contributed by atoms with Crippen LogP contribution in [-0.2, 0) is 36.1 Å². The molecule has 0 fully saturated rings. The number of fused-ring (bicyclic) bond motifs is 1. The van der Waals surface area contributed by atoms with Gasteiger partial charge in [0, 0.05) is 23.0 Å². The maximum atomic E-state index is 12.9. The number of benzene rings is 1. The van der Waals surface area contributed by atoms with Gasteiger partial charge in [0.1, 0.15) is 6.04 Å². The highest BCUT2D eigenvalue weighted by atomic mass is 35.5. The molecule has 0 spiro atoms. The van der Waals surface area contributed by atoms with Gasteiger partial charge in [0.05, 0.1) is 24.4 Å². The quantitative estimate of drug-likeness (QED) is 0.362. The molecule has 0 radical (unpaired) electrons. The number of carbonyl (C=O) groups excluding carboxylic acids is 1. The molecular formula is C20H25ClNO6PS. The summed E-state index contributed by atoms with van der Waals surface area (Å²) in [5.41, 5.74) is 1.32. The number of hydrogen-bond donors (Lipinski definition) is 0. The molecular weight excluding hydrogens is 449 g/mol. The minimum Gasteiger partial charge on any atom is -0.468 e. The van der Waals surface area contributed by atoms with Crippen molar-refractivity contribution in [2.75, 3.05) is 26.8 Å². The summed E-state index contributed by atoms with van der Waals surface area (Å²) in [7, 11) is -6.61. The van der Waals surface area contributed by atoms with Crippen LogP contribution >= 0.6 is 30.8 Å². The monoisotopic (exact) mass is 476 g/mol. The zero-order valence-electron chi connectivity index (χ0n) is 19.6. The van der Waals surface area contributed by atoms with Crippen LogP contribution in [0.1, 0.15) is 40.0 Å². The fourth-order valence-electron chi connectivity index (χ4n) is 3.33. The van der Waals surface area contributed by atoms with E-state index in [1.165, 1.54) is 11.3 Å². The summed E-state index contributed by atoms with van der Waals surface area (Å²) < 4.78 is 55.4. The van der Waals surface area contributed by atoms with Gasteiger partial charge in [0.25, 0.3) is 0 Å². The lowest BCUT2D eigenvalue weighted by Crippen LogP contribution is -2.38. The number of ether oxygens (including phenoxy) is 1. The van der Waals surface area contributed by atoms with Gasteiger partial charge in [-0.15, -0.1) is 11.3 Å². The third-order valence-electron chi connectivity index (χ3n) is 4.54. The van der Waals surface area contributed by atoms with E-state index in [2.05, 4.69) is 0 Å². The molecule has 2 aromatic rings. The Labute approximate surface area is 189 Å². The lowest BCUT2D eigenvalue weighted by atomic mass is 10.0. The molecule has 0 N–H and O–H groups in total. The summed E-state index contributed by atoms with van der Waals surface area (Å²) >= 11 is 7.67. The summed E-state index contributed by atoms with van der Waals surface area (Å²) in [4.78, 5) is 15.7. The molecule has 1 aromatic heterocycles.